The number of hydrogen-bond donors (Lipinski definition) is 4. The van der Waals surface area contributed by atoms with Gasteiger partial charge in [-0.1, -0.05) is 18.2 Å². The summed E-state index contributed by atoms with van der Waals surface area (Å²) in [5.74, 6) is -0.542. The number of amides is 1. The molecule has 0 spiro atoms. The molecular formula is C27H31F3N6O2. The molecule has 1 aliphatic rings. The molecule has 1 aliphatic heterocycles. The maximum atomic E-state index is 13.0. The fourth-order valence-electron chi connectivity index (χ4n) is 4.19. The molecule has 3 aromatic rings. The minimum Gasteiger partial charge on any atom is -0.380 e. The van der Waals surface area contributed by atoms with Crippen molar-refractivity contribution in [2.75, 3.05) is 62.3 Å². The number of hydrogen-bond acceptors (Lipinski definition) is 6. The molecule has 0 bridgehead atoms. The van der Waals surface area contributed by atoms with Crippen molar-refractivity contribution in [3.05, 3.63) is 87.8 Å². The van der Waals surface area contributed by atoms with Gasteiger partial charge >= 0.3 is 6.18 Å². The Hall–Kier alpha value is -3.83. The minimum atomic E-state index is -4.50. The van der Waals surface area contributed by atoms with Crippen LogP contribution in [0.4, 0.5) is 30.2 Å². The summed E-state index contributed by atoms with van der Waals surface area (Å²) in [6.45, 7) is 5.85. The second kappa shape index (κ2) is 12.1. The lowest BCUT2D eigenvalue weighted by molar-refractivity contribution is -0.137. The van der Waals surface area contributed by atoms with Gasteiger partial charge in [-0.25, -0.2) is 0 Å². The second-order valence-corrected chi connectivity index (χ2v) is 9.25. The summed E-state index contributed by atoms with van der Waals surface area (Å²) in [5.41, 5.74) is 1.04. The van der Waals surface area contributed by atoms with Crippen LogP contribution in [-0.4, -0.2) is 67.0 Å². The first-order valence-electron chi connectivity index (χ1n) is 12.4. The van der Waals surface area contributed by atoms with Crippen LogP contribution in [0.5, 0.6) is 0 Å². The van der Waals surface area contributed by atoms with Gasteiger partial charge in [0.2, 0.25) is 0 Å². The average molecular weight is 529 g/mol. The molecule has 8 nitrogen and oxygen atoms in total. The Morgan fingerprint density at radius 1 is 0.974 bits per heavy atom. The Morgan fingerprint density at radius 2 is 1.74 bits per heavy atom. The van der Waals surface area contributed by atoms with Crippen LogP contribution in [0.1, 0.15) is 21.5 Å². The van der Waals surface area contributed by atoms with Crippen LogP contribution in [0, 0.1) is 0 Å². The topological polar surface area (TPSA) is 92.5 Å². The number of likely N-dealkylation sites (N-methyl/N-ethyl adjacent to an activating group) is 1. The lowest BCUT2D eigenvalue weighted by atomic mass is 10.1. The summed E-state index contributed by atoms with van der Waals surface area (Å²) in [6, 6.07) is 13.0. The maximum absolute atomic E-state index is 13.0. The van der Waals surface area contributed by atoms with Gasteiger partial charge in [0.15, 0.2) is 0 Å². The number of nitrogens with one attached hydrogen (secondary N) is 4. The number of rotatable bonds is 9. The zero-order valence-electron chi connectivity index (χ0n) is 21.1. The Balaban J connectivity index is 1.37. The van der Waals surface area contributed by atoms with E-state index in [1.807, 2.05) is 0 Å². The van der Waals surface area contributed by atoms with E-state index in [0.717, 1.165) is 50.4 Å². The summed E-state index contributed by atoms with van der Waals surface area (Å²) >= 11 is 0. The molecule has 0 aliphatic carbocycles. The first-order chi connectivity index (χ1) is 18.2. The Labute approximate surface area is 218 Å². The van der Waals surface area contributed by atoms with Gasteiger partial charge in [-0.2, -0.15) is 13.2 Å². The number of aromatic nitrogens is 1. The zero-order chi connectivity index (χ0) is 27.1. The lowest BCUT2D eigenvalue weighted by Crippen LogP contribution is -2.45. The molecule has 2 heterocycles. The summed E-state index contributed by atoms with van der Waals surface area (Å²) in [5, 5.41) is 8.93. The molecule has 1 fully saturated rings. The molecule has 2 aromatic carbocycles. The molecule has 38 heavy (non-hydrogen) atoms. The van der Waals surface area contributed by atoms with Crippen LogP contribution in [0.2, 0.25) is 0 Å². The highest BCUT2D eigenvalue weighted by Gasteiger charge is 2.30. The third-order valence-electron chi connectivity index (χ3n) is 6.40. The van der Waals surface area contributed by atoms with Crippen LogP contribution in [0.15, 0.2) is 65.6 Å². The van der Waals surface area contributed by atoms with E-state index in [-0.39, 0.29) is 16.8 Å². The molecule has 0 atom stereocenters. The first kappa shape index (κ1) is 27.2. The first-order valence-corrected chi connectivity index (χ1v) is 12.4. The highest BCUT2D eigenvalue weighted by molar-refractivity contribution is 6.08. The largest absolute Gasteiger partial charge is 0.416 e. The number of carbonyl (C=O) groups is 1. The van der Waals surface area contributed by atoms with Crippen LogP contribution in [0.25, 0.3) is 0 Å². The fraction of sp³-hybridized carbons (Fsp3) is 0.333. The van der Waals surface area contributed by atoms with E-state index in [9.17, 15) is 22.8 Å². The van der Waals surface area contributed by atoms with Gasteiger partial charge in [0.05, 0.1) is 11.1 Å². The van der Waals surface area contributed by atoms with Crippen LogP contribution >= 0.6 is 0 Å². The molecule has 1 amide bonds. The van der Waals surface area contributed by atoms with Gasteiger partial charge in [0.25, 0.3) is 11.5 Å². The highest BCUT2D eigenvalue weighted by atomic mass is 19.4. The molecule has 0 saturated carbocycles. The van der Waals surface area contributed by atoms with Crippen molar-refractivity contribution in [1.29, 1.82) is 0 Å². The third kappa shape index (κ3) is 7.36. The van der Waals surface area contributed by atoms with E-state index in [0.29, 0.717) is 24.5 Å². The van der Waals surface area contributed by atoms with Gasteiger partial charge in [-0.15, -0.1) is 0 Å². The number of H-pyrrole nitrogens is 1. The van der Waals surface area contributed by atoms with Gasteiger partial charge in [0.1, 0.15) is 5.69 Å². The molecular weight excluding hydrogens is 497 g/mol. The molecule has 1 aromatic heterocycles. The molecule has 0 unspecified atom stereocenters. The molecule has 1 saturated heterocycles. The smallest absolute Gasteiger partial charge is 0.380 e. The molecule has 4 rings (SSSR count). The Morgan fingerprint density at radius 3 is 2.50 bits per heavy atom. The molecule has 4 N–H and O–H groups in total. The lowest BCUT2D eigenvalue weighted by Gasteiger charge is -2.32. The second-order valence-electron chi connectivity index (χ2n) is 9.25. The van der Waals surface area contributed by atoms with E-state index in [1.165, 1.54) is 12.1 Å². The van der Waals surface area contributed by atoms with Crippen LogP contribution in [0.3, 0.4) is 0 Å². The van der Waals surface area contributed by atoms with Crippen molar-refractivity contribution in [2.45, 2.75) is 12.7 Å². The quantitative estimate of drug-likeness (QED) is 0.337. The summed E-state index contributed by atoms with van der Waals surface area (Å²) in [4.78, 5) is 32.5. The van der Waals surface area contributed by atoms with E-state index < -0.39 is 17.6 Å². The molecule has 11 heteroatoms. The number of piperazine rings is 1. The number of nitrogens with zero attached hydrogens (tertiary/aromatic N) is 2. The number of carbonyl (C=O) groups excluding carboxylic acids is 1. The summed E-state index contributed by atoms with van der Waals surface area (Å²) < 4.78 is 39.1. The Kier molecular flexibility index (Phi) is 8.70. The van der Waals surface area contributed by atoms with Crippen LogP contribution in [-0.2, 0) is 12.7 Å². The van der Waals surface area contributed by atoms with E-state index in [4.69, 9.17) is 0 Å². The zero-order valence-corrected chi connectivity index (χ0v) is 21.1. The van der Waals surface area contributed by atoms with Gasteiger partial charge in [0, 0.05) is 63.4 Å². The fourth-order valence-corrected chi connectivity index (χ4v) is 4.19. The summed E-state index contributed by atoms with van der Waals surface area (Å²) in [7, 11) is 2.11. The van der Waals surface area contributed by atoms with Crippen LogP contribution < -0.4 is 21.5 Å². The number of halogens is 3. The predicted octanol–water partition coefficient (Wildman–Crippen LogP) is 3.92. The third-order valence-corrected chi connectivity index (χ3v) is 6.40. The van der Waals surface area contributed by atoms with Crippen molar-refractivity contribution in [2.24, 2.45) is 0 Å². The van der Waals surface area contributed by atoms with Gasteiger partial charge in [-0.3, -0.25) is 14.5 Å². The minimum absolute atomic E-state index is 0.0487. The molecule has 202 valence electrons. The van der Waals surface area contributed by atoms with Crippen molar-refractivity contribution < 1.29 is 18.0 Å². The number of anilines is 3. The number of aromatic amines is 1. The number of alkyl halides is 3. The SMILES string of the molecule is CN1CCN(CCNc2cc(CNc3ccccc3C(=O)Nc3cccc(C(F)(F)F)c3)c[nH]c2=O)CC1. The van der Waals surface area contributed by atoms with E-state index in [1.54, 1.807) is 36.5 Å². The predicted molar refractivity (Wildman–Crippen MR) is 143 cm³/mol. The van der Waals surface area contributed by atoms with Crippen molar-refractivity contribution in [1.82, 2.24) is 14.8 Å². The normalized spacial score (nSPS) is 14.7. The van der Waals surface area contributed by atoms with E-state index in [2.05, 4.69) is 37.8 Å². The number of para-hydroxylation sites is 1. The Bertz CT molecular complexity index is 1300. The van der Waals surface area contributed by atoms with Gasteiger partial charge in [-0.05, 0) is 49.0 Å². The average Bonchev–Trinajstić information content (AvgIpc) is 2.90. The highest BCUT2D eigenvalue weighted by Crippen LogP contribution is 2.31. The monoisotopic (exact) mass is 528 g/mol. The van der Waals surface area contributed by atoms with Crippen molar-refractivity contribution >= 4 is 23.0 Å². The maximum Gasteiger partial charge on any atom is 0.416 e. The molecule has 0 radical (unpaired) electrons. The van der Waals surface area contributed by atoms with E-state index >= 15 is 0 Å². The van der Waals surface area contributed by atoms with Crippen molar-refractivity contribution in [3.63, 3.8) is 0 Å². The van der Waals surface area contributed by atoms with Gasteiger partial charge < -0.3 is 25.8 Å². The number of benzene rings is 2. The van der Waals surface area contributed by atoms with Crippen molar-refractivity contribution in [3.8, 4) is 0 Å². The number of pyridine rings is 1. The summed E-state index contributed by atoms with van der Waals surface area (Å²) in [6.07, 6.45) is -2.90. The standard InChI is InChI=1S/C27H31F3N6O2/c1-35-11-13-36(14-12-35)10-9-31-24-15-19(18-33-26(24)38)17-32-23-8-3-2-7-22(23)25(37)34-21-6-4-5-20(16-21)27(28,29)30/h2-8,15-16,18,31-32H,9-14,17H2,1H3,(H,33,38)(H,34,37).